The number of fused-ring (bicyclic) bond motifs is 1. The molecule has 25 heavy (non-hydrogen) atoms. The van der Waals surface area contributed by atoms with E-state index in [1.54, 1.807) is 0 Å². The average Bonchev–Trinajstić information content (AvgIpc) is 2.64. The minimum atomic E-state index is -0.772. The molecule has 1 fully saturated rings. The fourth-order valence-electron chi connectivity index (χ4n) is 3.75. The summed E-state index contributed by atoms with van der Waals surface area (Å²) in [6.45, 7) is 1.56. The first-order chi connectivity index (χ1) is 12.2. The lowest BCUT2D eigenvalue weighted by Crippen LogP contribution is -2.49. The quantitative estimate of drug-likeness (QED) is 0.934. The van der Waals surface area contributed by atoms with Gasteiger partial charge in [-0.1, -0.05) is 48.5 Å². The third-order valence-corrected chi connectivity index (χ3v) is 5.04. The number of carbonyl (C=O) groups is 1. The van der Waals surface area contributed by atoms with Crippen LogP contribution in [0, 0.1) is 0 Å². The molecule has 0 aliphatic carbocycles. The number of hydrogen-bond donors (Lipinski definition) is 1. The van der Waals surface area contributed by atoms with E-state index in [0.29, 0.717) is 0 Å². The number of para-hydroxylation sites is 1. The Balaban J connectivity index is 1.68. The van der Waals surface area contributed by atoms with Crippen LogP contribution in [-0.4, -0.2) is 41.2 Å². The van der Waals surface area contributed by atoms with Crippen LogP contribution in [0.1, 0.15) is 24.0 Å². The summed E-state index contributed by atoms with van der Waals surface area (Å²) >= 11 is 0. The molecule has 0 saturated carbocycles. The molecule has 1 spiro atoms. The van der Waals surface area contributed by atoms with E-state index in [0.717, 1.165) is 37.2 Å². The van der Waals surface area contributed by atoms with Crippen molar-refractivity contribution in [2.45, 2.75) is 18.4 Å². The third kappa shape index (κ3) is 3.17. The summed E-state index contributed by atoms with van der Waals surface area (Å²) < 4.78 is 6.41. The van der Waals surface area contributed by atoms with E-state index in [-0.39, 0.29) is 12.1 Å². The smallest absolute Gasteiger partial charge is 0.317 e. The molecule has 0 aromatic heterocycles. The van der Waals surface area contributed by atoms with Gasteiger partial charge in [0.15, 0.2) is 0 Å². The number of hydrogen-bond acceptors (Lipinski definition) is 3. The Kier molecular flexibility index (Phi) is 4.06. The van der Waals surface area contributed by atoms with Crippen LogP contribution in [-0.2, 0) is 4.79 Å². The number of nitrogens with zero attached hydrogens (tertiary/aromatic N) is 1. The second kappa shape index (κ2) is 6.37. The molecule has 2 aliphatic heterocycles. The Bertz CT molecular complexity index is 805. The maximum absolute atomic E-state index is 11.0. The molecule has 1 N–H and O–H groups in total. The van der Waals surface area contributed by atoms with Crippen molar-refractivity contribution in [2.75, 3.05) is 19.6 Å². The van der Waals surface area contributed by atoms with Crippen molar-refractivity contribution in [3.8, 4) is 5.75 Å². The predicted molar refractivity (Wildman–Crippen MR) is 96.6 cm³/mol. The number of carboxylic acids is 1. The van der Waals surface area contributed by atoms with Crippen LogP contribution >= 0.6 is 0 Å². The highest BCUT2D eigenvalue weighted by Crippen LogP contribution is 2.43. The molecule has 2 heterocycles. The lowest BCUT2D eigenvalue weighted by Gasteiger charge is -2.42. The molecule has 0 bridgehead atoms. The summed E-state index contributed by atoms with van der Waals surface area (Å²) in [6, 6.07) is 18.5. The number of aliphatic carboxylic acids is 1. The molecule has 2 aromatic carbocycles. The van der Waals surface area contributed by atoms with Crippen molar-refractivity contribution < 1.29 is 14.6 Å². The van der Waals surface area contributed by atoms with E-state index in [4.69, 9.17) is 9.84 Å². The van der Waals surface area contributed by atoms with Crippen LogP contribution in [0.2, 0.25) is 0 Å². The molecular weight excluding hydrogens is 314 g/mol. The van der Waals surface area contributed by atoms with E-state index in [9.17, 15) is 4.79 Å². The van der Waals surface area contributed by atoms with Gasteiger partial charge in [0.25, 0.3) is 0 Å². The SMILES string of the molecule is O=C(O)CN1CCC2(C=C(c3ccccc3)c3ccccc3O2)CC1. The number of rotatable bonds is 3. The number of likely N-dealkylation sites (tertiary alicyclic amines) is 1. The van der Waals surface area contributed by atoms with Crippen molar-refractivity contribution in [1.29, 1.82) is 0 Å². The topological polar surface area (TPSA) is 49.8 Å². The Hall–Kier alpha value is -2.59. The average molecular weight is 335 g/mol. The molecular formula is C21H21NO3. The molecule has 1 saturated heterocycles. The van der Waals surface area contributed by atoms with Crippen LogP contribution in [0.3, 0.4) is 0 Å². The summed E-state index contributed by atoms with van der Waals surface area (Å²) in [4.78, 5) is 12.9. The van der Waals surface area contributed by atoms with Gasteiger partial charge in [-0.15, -0.1) is 0 Å². The Labute approximate surface area is 147 Å². The standard InChI is InChI=1S/C21H21NO3/c23-20(24)15-22-12-10-21(11-13-22)14-18(16-6-2-1-3-7-16)17-8-4-5-9-19(17)25-21/h1-9,14H,10-13,15H2,(H,23,24). The zero-order valence-corrected chi connectivity index (χ0v) is 14.0. The van der Waals surface area contributed by atoms with Gasteiger partial charge in [0.1, 0.15) is 11.4 Å². The molecule has 0 radical (unpaired) electrons. The maximum Gasteiger partial charge on any atom is 0.317 e. The fourth-order valence-corrected chi connectivity index (χ4v) is 3.75. The van der Waals surface area contributed by atoms with Gasteiger partial charge in [0.2, 0.25) is 0 Å². The van der Waals surface area contributed by atoms with Crippen LogP contribution < -0.4 is 4.74 Å². The fraction of sp³-hybridized carbons (Fsp3) is 0.286. The number of benzene rings is 2. The molecule has 2 aliphatic rings. The van der Waals surface area contributed by atoms with Gasteiger partial charge < -0.3 is 9.84 Å². The molecule has 2 aromatic rings. The van der Waals surface area contributed by atoms with Crippen molar-refractivity contribution in [3.63, 3.8) is 0 Å². The van der Waals surface area contributed by atoms with E-state index in [1.807, 2.05) is 29.2 Å². The molecule has 4 heteroatoms. The third-order valence-electron chi connectivity index (χ3n) is 5.04. The maximum atomic E-state index is 11.0. The monoisotopic (exact) mass is 335 g/mol. The highest BCUT2D eigenvalue weighted by Gasteiger charge is 2.39. The van der Waals surface area contributed by atoms with Gasteiger partial charge in [-0.2, -0.15) is 0 Å². The first-order valence-corrected chi connectivity index (χ1v) is 8.66. The lowest BCUT2D eigenvalue weighted by molar-refractivity contribution is -0.139. The second-order valence-corrected chi connectivity index (χ2v) is 6.76. The van der Waals surface area contributed by atoms with Crippen molar-refractivity contribution in [2.24, 2.45) is 0 Å². The Morgan fingerprint density at radius 2 is 1.72 bits per heavy atom. The normalized spacial score (nSPS) is 19.0. The molecule has 4 nitrogen and oxygen atoms in total. The molecule has 0 unspecified atom stereocenters. The van der Waals surface area contributed by atoms with Gasteiger partial charge in [0, 0.05) is 31.5 Å². The first-order valence-electron chi connectivity index (χ1n) is 8.66. The van der Waals surface area contributed by atoms with E-state index < -0.39 is 5.97 Å². The Morgan fingerprint density at radius 3 is 2.44 bits per heavy atom. The minimum Gasteiger partial charge on any atom is -0.482 e. The van der Waals surface area contributed by atoms with E-state index in [1.165, 1.54) is 11.1 Å². The van der Waals surface area contributed by atoms with Crippen LogP contribution in [0.25, 0.3) is 5.57 Å². The molecule has 0 amide bonds. The van der Waals surface area contributed by atoms with Gasteiger partial charge in [-0.25, -0.2) is 0 Å². The van der Waals surface area contributed by atoms with E-state index >= 15 is 0 Å². The summed E-state index contributed by atoms with van der Waals surface area (Å²) in [5.41, 5.74) is 3.15. The van der Waals surface area contributed by atoms with E-state index in [2.05, 4.69) is 36.4 Å². The van der Waals surface area contributed by atoms with Crippen LogP contribution in [0.5, 0.6) is 5.75 Å². The van der Waals surface area contributed by atoms with Crippen LogP contribution in [0.4, 0.5) is 0 Å². The number of ether oxygens (including phenoxy) is 1. The predicted octanol–water partition coefficient (Wildman–Crippen LogP) is 3.43. The second-order valence-electron chi connectivity index (χ2n) is 6.76. The lowest BCUT2D eigenvalue weighted by atomic mass is 9.83. The number of carboxylic acid groups (broad SMARTS) is 1. The van der Waals surface area contributed by atoms with Crippen LogP contribution in [0.15, 0.2) is 60.7 Å². The molecule has 4 rings (SSSR count). The van der Waals surface area contributed by atoms with Crippen molar-refractivity contribution in [3.05, 3.63) is 71.8 Å². The highest BCUT2D eigenvalue weighted by atomic mass is 16.5. The van der Waals surface area contributed by atoms with Gasteiger partial charge in [-0.3, -0.25) is 9.69 Å². The summed E-state index contributed by atoms with van der Waals surface area (Å²) in [7, 11) is 0. The first kappa shape index (κ1) is 15.9. The largest absolute Gasteiger partial charge is 0.482 e. The molecule has 0 atom stereocenters. The highest BCUT2D eigenvalue weighted by molar-refractivity contribution is 5.84. The van der Waals surface area contributed by atoms with Crippen molar-refractivity contribution in [1.82, 2.24) is 4.90 Å². The molecule has 128 valence electrons. The zero-order chi connectivity index (χ0) is 17.3. The zero-order valence-electron chi connectivity index (χ0n) is 14.0. The summed E-state index contributed by atoms with van der Waals surface area (Å²) in [5.74, 6) is 0.141. The number of piperidine rings is 1. The summed E-state index contributed by atoms with van der Waals surface area (Å²) in [6.07, 6.45) is 3.85. The van der Waals surface area contributed by atoms with Gasteiger partial charge in [0.05, 0.1) is 6.54 Å². The van der Waals surface area contributed by atoms with Gasteiger partial charge >= 0.3 is 5.97 Å². The van der Waals surface area contributed by atoms with Gasteiger partial charge in [-0.05, 0) is 23.3 Å². The van der Waals surface area contributed by atoms with Crippen molar-refractivity contribution >= 4 is 11.5 Å². The summed E-state index contributed by atoms with van der Waals surface area (Å²) in [5, 5.41) is 9.00. The minimum absolute atomic E-state index is 0.0991. The Morgan fingerprint density at radius 1 is 1.04 bits per heavy atom.